The molecule has 0 aliphatic rings. The highest BCUT2D eigenvalue weighted by molar-refractivity contribution is 7.20. The Morgan fingerprint density at radius 1 is 1.03 bits per heavy atom. The van der Waals surface area contributed by atoms with E-state index in [-0.39, 0.29) is 12.4 Å². The standard InChI is InChI=1S/C27H22N4O3S/c28-26(29)25-15-20-22(9-4-10-24(20)35-25)34-23(17-6-2-1-3-7-17)16-33-27(32)31-19-11-12-21-18(14-19)8-5-13-30-21/h1-15,23H,16H2,(H3,28,29)(H,31,32). The molecule has 3 aromatic carbocycles. The highest BCUT2D eigenvalue weighted by atomic mass is 32.1. The fraction of sp³-hybridized carbons (Fsp3) is 0.0741. The van der Waals surface area contributed by atoms with Crippen molar-refractivity contribution in [2.45, 2.75) is 6.10 Å². The predicted octanol–water partition coefficient (Wildman–Crippen LogP) is 6.10. The number of aromatic nitrogens is 1. The summed E-state index contributed by atoms with van der Waals surface area (Å²) in [6.45, 7) is 0.00503. The Kier molecular flexibility index (Phi) is 6.28. The number of carbonyl (C=O) groups is 1. The Bertz CT molecular complexity index is 1520. The third-order valence-electron chi connectivity index (χ3n) is 5.44. The van der Waals surface area contributed by atoms with Crippen molar-refractivity contribution in [3.63, 3.8) is 0 Å². The molecular formula is C27H22N4O3S. The van der Waals surface area contributed by atoms with Gasteiger partial charge >= 0.3 is 6.09 Å². The summed E-state index contributed by atoms with van der Waals surface area (Å²) < 4.78 is 12.9. The Hall–Kier alpha value is -4.43. The summed E-state index contributed by atoms with van der Waals surface area (Å²) in [5.41, 5.74) is 8.02. The maximum Gasteiger partial charge on any atom is 0.411 e. The van der Waals surface area contributed by atoms with Gasteiger partial charge in [0, 0.05) is 27.4 Å². The van der Waals surface area contributed by atoms with Crippen LogP contribution in [0.2, 0.25) is 0 Å². The van der Waals surface area contributed by atoms with Crippen LogP contribution >= 0.6 is 11.3 Å². The largest absolute Gasteiger partial charge is 0.481 e. The zero-order valence-corrected chi connectivity index (χ0v) is 19.4. The minimum absolute atomic E-state index is 0.00503. The molecule has 5 aromatic rings. The van der Waals surface area contributed by atoms with Crippen molar-refractivity contribution in [1.29, 1.82) is 5.41 Å². The van der Waals surface area contributed by atoms with Crippen molar-refractivity contribution >= 4 is 49.9 Å². The molecule has 0 saturated carbocycles. The molecular weight excluding hydrogens is 460 g/mol. The maximum absolute atomic E-state index is 12.6. The average Bonchev–Trinajstić information content (AvgIpc) is 3.33. The van der Waals surface area contributed by atoms with Crippen LogP contribution in [-0.4, -0.2) is 23.5 Å². The SMILES string of the molecule is N=C(N)c1cc2c(OC(COC(=O)Nc3ccc4ncccc4c3)c3ccccc3)cccc2s1. The molecule has 0 saturated heterocycles. The van der Waals surface area contributed by atoms with E-state index in [2.05, 4.69) is 10.3 Å². The van der Waals surface area contributed by atoms with Crippen LogP contribution in [0.3, 0.4) is 0 Å². The molecule has 1 amide bonds. The normalized spacial score (nSPS) is 11.8. The number of nitrogens with two attached hydrogens (primary N) is 1. The van der Waals surface area contributed by atoms with E-state index in [9.17, 15) is 4.79 Å². The van der Waals surface area contributed by atoms with E-state index in [0.29, 0.717) is 16.3 Å². The molecule has 0 spiro atoms. The van der Waals surface area contributed by atoms with Gasteiger partial charge in [0.25, 0.3) is 0 Å². The van der Waals surface area contributed by atoms with Gasteiger partial charge in [-0.1, -0.05) is 42.5 Å². The molecule has 1 atom stereocenters. The van der Waals surface area contributed by atoms with Crippen molar-refractivity contribution in [3.05, 3.63) is 102 Å². The first-order valence-electron chi connectivity index (χ1n) is 10.9. The zero-order chi connectivity index (χ0) is 24.2. The summed E-state index contributed by atoms with van der Waals surface area (Å²) in [5, 5.41) is 12.3. The van der Waals surface area contributed by atoms with Gasteiger partial charge in [0.1, 0.15) is 18.2 Å². The van der Waals surface area contributed by atoms with Crippen molar-refractivity contribution < 1.29 is 14.3 Å². The second-order valence-electron chi connectivity index (χ2n) is 7.84. The number of benzene rings is 3. The van der Waals surface area contributed by atoms with Gasteiger partial charge in [0.05, 0.1) is 10.4 Å². The van der Waals surface area contributed by atoms with Crippen LogP contribution < -0.4 is 15.8 Å². The topological polar surface area (TPSA) is 110 Å². The molecule has 4 N–H and O–H groups in total. The molecule has 5 rings (SSSR count). The molecule has 7 nitrogen and oxygen atoms in total. The third-order valence-corrected chi connectivity index (χ3v) is 6.58. The van der Waals surface area contributed by atoms with Crippen molar-refractivity contribution in [3.8, 4) is 5.75 Å². The maximum atomic E-state index is 12.6. The molecule has 0 bridgehead atoms. The lowest BCUT2D eigenvalue weighted by Gasteiger charge is -2.20. The fourth-order valence-corrected chi connectivity index (χ4v) is 4.69. The summed E-state index contributed by atoms with van der Waals surface area (Å²) in [7, 11) is 0. The number of thiophene rings is 1. The number of fused-ring (bicyclic) bond motifs is 2. The molecule has 2 aromatic heterocycles. The van der Waals surface area contributed by atoms with E-state index in [0.717, 1.165) is 26.6 Å². The van der Waals surface area contributed by atoms with Gasteiger partial charge in [0.2, 0.25) is 0 Å². The van der Waals surface area contributed by atoms with Gasteiger partial charge in [-0.05, 0) is 48.0 Å². The van der Waals surface area contributed by atoms with Crippen LogP contribution in [0.1, 0.15) is 16.5 Å². The van der Waals surface area contributed by atoms with Crippen LogP contribution in [0.4, 0.5) is 10.5 Å². The van der Waals surface area contributed by atoms with Gasteiger partial charge < -0.3 is 15.2 Å². The number of anilines is 1. The molecule has 35 heavy (non-hydrogen) atoms. The zero-order valence-electron chi connectivity index (χ0n) is 18.6. The van der Waals surface area contributed by atoms with Gasteiger partial charge in [-0.2, -0.15) is 0 Å². The van der Waals surface area contributed by atoms with Crippen molar-refractivity contribution in [2.75, 3.05) is 11.9 Å². The third kappa shape index (κ3) is 5.07. The lowest BCUT2D eigenvalue weighted by Crippen LogP contribution is -2.21. The number of hydrogen-bond acceptors (Lipinski definition) is 6. The minimum atomic E-state index is -0.578. The van der Waals surface area contributed by atoms with E-state index < -0.39 is 12.2 Å². The van der Waals surface area contributed by atoms with Crippen LogP contribution in [0.15, 0.2) is 91.1 Å². The molecule has 0 radical (unpaired) electrons. The summed E-state index contributed by atoms with van der Waals surface area (Å²) >= 11 is 1.43. The number of nitrogens with zero attached hydrogens (tertiary/aromatic N) is 1. The number of pyridine rings is 1. The first kappa shape index (κ1) is 22.4. The smallest absolute Gasteiger partial charge is 0.411 e. The second kappa shape index (κ2) is 9.82. The van der Waals surface area contributed by atoms with Crippen LogP contribution in [0.5, 0.6) is 5.75 Å². The summed E-state index contributed by atoms with van der Waals surface area (Å²) in [4.78, 5) is 17.6. The number of carbonyl (C=O) groups excluding carboxylic acids is 1. The fourth-order valence-electron chi connectivity index (χ4n) is 3.75. The van der Waals surface area contributed by atoms with Crippen molar-refractivity contribution in [2.24, 2.45) is 5.73 Å². The molecule has 0 aliphatic heterocycles. The minimum Gasteiger partial charge on any atom is -0.481 e. The number of amides is 1. The molecule has 0 fully saturated rings. The lowest BCUT2D eigenvalue weighted by atomic mass is 10.1. The summed E-state index contributed by atoms with van der Waals surface area (Å²) in [6, 6.07) is 26.4. The first-order chi connectivity index (χ1) is 17.1. The Morgan fingerprint density at radius 3 is 2.71 bits per heavy atom. The number of ether oxygens (including phenoxy) is 2. The molecule has 2 heterocycles. The lowest BCUT2D eigenvalue weighted by molar-refractivity contribution is 0.0910. The van der Waals surface area contributed by atoms with Crippen LogP contribution in [0, 0.1) is 5.41 Å². The summed E-state index contributed by atoms with van der Waals surface area (Å²) in [6.07, 6.45) is 0.615. The number of rotatable bonds is 7. The van der Waals surface area contributed by atoms with E-state index >= 15 is 0 Å². The Morgan fingerprint density at radius 2 is 1.89 bits per heavy atom. The second-order valence-corrected chi connectivity index (χ2v) is 8.93. The highest BCUT2D eigenvalue weighted by Gasteiger charge is 2.19. The molecule has 8 heteroatoms. The number of hydrogen-bond donors (Lipinski definition) is 3. The van der Waals surface area contributed by atoms with Gasteiger partial charge in [-0.15, -0.1) is 11.3 Å². The number of nitrogens with one attached hydrogen (secondary N) is 2. The summed E-state index contributed by atoms with van der Waals surface area (Å²) in [5.74, 6) is 0.646. The predicted molar refractivity (Wildman–Crippen MR) is 139 cm³/mol. The van der Waals surface area contributed by atoms with E-state index in [1.54, 1.807) is 12.3 Å². The average molecular weight is 483 g/mol. The van der Waals surface area contributed by atoms with E-state index in [4.69, 9.17) is 20.6 Å². The molecule has 174 valence electrons. The van der Waals surface area contributed by atoms with Gasteiger partial charge in [-0.25, -0.2) is 4.79 Å². The molecule has 1 unspecified atom stereocenters. The van der Waals surface area contributed by atoms with Gasteiger partial charge in [-0.3, -0.25) is 15.7 Å². The monoisotopic (exact) mass is 482 g/mol. The first-order valence-corrected chi connectivity index (χ1v) is 11.8. The van der Waals surface area contributed by atoms with Crippen LogP contribution in [-0.2, 0) is 4.74 Å². The Balaban J connectivity index is 1.34. The van der Waals surface area contributed by atoms with E-state index in [1.165, 1.54) is 11.3 Å². The Labute approximate surface area is 205 Å². The van der Waals surface area contributed by atoms with Crippen molar-refractivity contribution in [1.82, 2.24) is 4.98 Å². The number of amidine groups is 1. The van der Waals surface area contributed by atoms with Crippen LogP contribution in [0.25, 0.3) is 21.0 Å². The molecule has 0 aliphatic carbocycles. The van der Waals surface area contributed by atoms with E-state index in [1.807, 2.05) is 78.9 Å². The number of nitrogen functional groups attached to an aromatic ring is 1. The highest BCUT2D eigenvalue weighted by Crippen LogP contribution is 2.35. The van der Waals surface area contributed by atoms with Gasteiger partial charge in [0.15, 0.2) is 6.10 Å². The quantitative estimate of drug-likeness (QED) is 0.192.